The molecule has 25 heavy (non-hydrogen) atoms. The van der Waals surface area contributed by atoms with Crippen molar-refractivity contribution in [3.8, 4) is 0 Å². The highest BCUT2D eigenvalue weighted by Crippen LogP contribution is 2.48. The van der Waals surface area contributed by atoms with Crippen LogP contribution in [0.4, 0.5) is 5.69 Å². The smallest absolute Gasteiger partial charge is 0.238 e. The minimum absolute atomic E-state index is 0.111. The van der Waals surface area contributed by atoms with Gasteiger partial charge in [0.25, 0.3) is 0 Å². The normalized spacial score (nSPS) is 20.4. The third-order valence-corrected chi connectivity index (χ3v) is 6.47. The Kier molecular flexibility index (Phi) is 4.42. The van der Waals surface area contributed by atoms with Gasteiger partial charge in [-0.05, 0) is 74.1 Å². The summed E-state index contributed by atoms with van der Waals surface area (Å²) in [6.07, 6.45) is 3.68. The average Bonchev–Trinajstić information content (AvgIpc) is 3.27. The third-order valence-electron chi connectivity index (χ3n) is 5.47. The number of carbonyl (C=O) groups excluding carboxylic acids is 1. The number of nitrogens with zero attached hydrogens (tertiary/aromatic N) is 1. The van der Waals surface area contributed by atoms with Crippen LogP contribution in [0.3, 0.4) is 0 Å². The number of hydrogen-bond acceptors (Lipinski definition) is 3. The van der Waals surface area contributed by atoms with Crippen LogP contribution in [-0.2, 0) is 11.2 Å². The van der Waals surface area contributed by atoms with E-state index in [0.717, 1.165) is 35.7 Å². The fraction of sp³-hybridized carbons (Fsp3) is 0.476. The van der Waals surface area contributed by atoms with Crippen molar-refractivity contribution in [3.05, 3.63) is 50.7 Å². The molecule has 1 fully saturated rings. The van der Waals surface area contributed by atoms with Crippen LogP contribution < -0.4 is 5.32 Å². The molecule has 4 rings (SSSR count). The first-order valence-electron chi connectivity index (χ1n) is 9.21. The lowest BCUT2D eigenvalue weighted by atomic mass is 9.96. The van der Waals surface area contributed by atoms with Gasteiger partial charge in [0.1, 0.15) is 0 Å². The molecule has 0 unspecified atom stereocenters. The molecule has 1 aliphatic heterocycles. The second-order valence-corrected chi connectivity index (χ2v) is 8.62. The van der Waals surface area contributed by atoms with Gasteiger partial charge in [0.05, 0.1) is 6.54 Å². The molecule has 1 saturated carbocycles. The van der Waals surface area contributed by atoms with Gasteiger partial charge in [0.15, 0.2) is 0 Å². The number of fused-ring (bicyclic) bond motifs is 1. The Hall–Kier alpha value is -1.65. The van der Waals surface area contributed by atoms with E-state index in [9.17, 15) is 4.79 Å². The molecular formula is C21H26N2OS. The number of carbonyl (C=O) groups is 1. The number of rotatable bonds is 4. The maximum atomic E-state index is 12.8. The number of anilines is 1. The molecule has 132 valence electrons. The lowest BCUT2D eigenvalue weighted by molar-refractivity contribution is -0.118. The molecular weight excluding hydrogens is 328 g/mol. The predicted octanol–water partition coefficient (Wildman–Crippen LogP) is 4.62. The van der Waals surface area contributed by atoms with Crippen LogP contribution in [-0.4, -0.2) is 23.9 Å². The summed E-state index contributed by atoms with van der Waals surface area (Å²) in [6.45, 7) is 7.72. The van der Waals surface area contributed by atoms with Gasteiger partial charge in [-0.3, -0.25) is 9.69 Å². The minimum atomic E-state index is 0.111. The van der Waals surface area contributed by atoms with Gasteiger partial charge in [-0.15, -0.1) is 11.3 Å². The molecule has 2 aromatic rings. The zero-order valence-electron chi connectivity index (χ0n) is 15.3. The number of benzene rings is 1. The highest BCUT2D eigenvalue weighted by molar-refractivity contribution is 7.10. The van der Waals surface area contributed by atoms with Gasteiger partial charge in [-0.25, -0.2) is 0 Å². The Bertz CT molecular complexity index is 783. The Labute approximate surface area is 154 Å². The van der Waals surface area contributed by atoms with E-state index in [1.54, 1.807) is 0 Å². The van der Waals surface area contributed by atoms with Crippen LogP contribution in [0.1, 0.15) is 46.0 Å². The van der Waals surface area contributed by atoms with Gasteiger partial charge >= 0.3 is 0 Å². The molecule has 0 saturated heterocycles. The van der Waals surface area contributed by atoms with E-state index >= 15 is 0 Å². The average molecular weight is 355 g/mol. The predicted molar refractivity (Wildman–Crippen MR) is 104 cm³/mol. The number of hydrogen-bond donors (Lipinski definition) is 1. The van der Waals surface area contributed by atoms with E-state index in [1.165, 1.54) is 28.8 Å². The van der Waals surface area contributed by atoms with Gasteiger partial charge in [-0.2, -0.15) is 0 Å². The van der Waals surface area contributed by atoms with Crippen LogP contribution in [0, 0.1) is 26.7 Å². The summed E-state index contributed by atoms with van der Waals surface area (Å²) in [4.78, 5) is 16.7. The first kappa shape index (κ1) is 16.8. The Balaban J connectivity index is 1.49. The third kappa shape index (κ3) is 3.38. The highest BCUT2D eigenvalue weighted by atomic mass is 32.1. The van der Waals surface area contributed by atoms with Crippen molar-refractivity contribution in [1.82, 2.24) is 4.90 Å². The summed E-state index contributed by atoms with van der Waals surface area (Å²) in [7, 11) is 0. The summed E-state index contributed by atoms with van der Waals surface area (Å²) in [5, 5.41) is 5.38. The number of thiophene rings is 1. The van der Waals surface area contributed by atoms with Crippen molar-refractivity contribution in [2.75, 3.05) is 18.4 Å². The molecule has 2 heterocycles. The fourth-order valence-corrected chi connectivity index (χ4v) is 5.19. The van der Waals surface area contributed by atoms with Crippen molar-refractivity contribution >= 4 is 22.9 Å². The van der Waals surface area contributed by atoms with Gasteiger partial charge in [0.2, 0.25) is 5.91 Å². The second kappa shape index (κ2) is 6.58. The lowest BCUT2D eigenvalue weighted by Crippen LogP contribution is -2.41. The van der Waals surface area contributed by atoms with Crippen molar-refractivity contribution in [2.45, 2.75) is 46.1 Å². The first-order chi connectivity index (χ1) is 12.0. The number of amides is 1. The summed E-state index contributed by atoms with van der Waals surface area (Å²) in [6, 6.07) is 6.99. The molecule has 0 spiro atoms. The standard InChI is InChI=1S/C21H26N2OS/c1-13-10-14(2)20(15(3)11-13)22-19(24)12-23-8-6-18-17(7-9-25-18)21(23)16-4-5-16/h7,9-11,16,21H,4-6,8,12H2,1-3H3,(H,22,24)/t21-/m0/s1. The van der Waals surface area contributed by atoms with Crippen LogP contribution in [0.2, 0.25) is 0 Å². The largest absolute Gasteiger partial charge is 0.324 e. The fourth-order valence-electron chi connectivity index (χ4n) is 4.28. The van der Waals surface area contributed by atoms with Crippen LogP contribution in [0.25, 0.3) is 0 Å². The van der Waals surface area contributed by atoms with Gasteiger partial charge in [0, 0.05) is 23.2 Å². The lowest BCUT2D eigenvalue weighted by Gasteiger charge is -2.35. The summed E-state index contributed by atoms with van der Waals surface area (Å²) < 4.78 is 0. The van der Waals surface area contributed by atoms with E-state index in [2.05, 4.69) is 54.6 Å². The van der Waals surface area contributed by atoms with E-state index in [1.807, 2.05) is 11.3 Å². The molecule has 2 aliphatic rings. The van der Waals surface area contributed by atoms with Crippen LogP contribution in [0.15, 0.2) is 23.6 Å². The Morgan fingerprint density at radius 2 is 1.96 bits per heavy atom. The topological polar surface area (TPSA) is 32.3 Å². The van der Waals surface area contributed by atoms with Crippen molar-refractivity contribution in [1.29, 1.82) is 0 Å². The van der Waals surface area contributed by atoms with E-state index < -0.39 is 0 Å². The molecule has 4 heteroatoms. The molecule has 0 radical (unpaired) electrons. The molecule has 1 amide bonds. The molecule has 1 aromatic heterocycles. The SMILES string of the molecule is Cc1cc(C)c(NC(=O)CN2CCc3sccc3[C@@H]2C2CC2)c(C)c1. The van der Waals surface area contributed by atoms with Crippen LogP contribution >= 0.6 is 11.3 Å². The minimum Gasteiger partial charge on any atom is -0.324 e. The van der Waals surface area contributed by atoms with E-state index in [4.69, 9.17) is 0 Å². The summed E-state index contributed by atoms with van der Waals surface area (Å²) >= 11 is 1.88. The van der Waals surface area contributed by atoms with Crippen molar-refractivity contribution in [2.24, 2.45) is 5.92 Å². The zero-order chi connectivity index (χ0) is 17.6. The maximum absolute atomic E-state index is 12.8. The highest BCUT2D eigenvalue weighted by Gasteiger charge is 2.40. The molecule has 3 nitrogen and oxygen atoms in total. The van der Waals surface area contributed by atoms with Gasteiger partial charge in [-0.1, -0.05) is 17.7 Å². The Morgan fingerprint density at radius 1 is 1.24 bits per heavy atom. The maximum Gasteiger partial charge on any atom is 0.238 e. The van der Waals surface area contributed by atoms with Gasteiger partial charge < -0.3 is 5.32 Å². The van der Waals surface area contributed by atoms with E-state index in [0.29, 0.717) is 12.6 Å². The molecule has 1 aromatic carbocycles. The zero-order valence-corrected chi connectivity index (χ0v) is 16.1. The second-order valence-electron chi connectivity index (χ2n) is 7.62. The monoisotopic (exact) mass is 354 g/mol. The Morgan fingerprint density at radius 3 is 2.64 bits per heavy atom. The summed E-state index contributed by atoms with van der Waals surface area (Å²) in [5.74, 6) is 0.851. The first-order valence-corrected chi connectivity index (χ1v) is 10.1. The van der Waals surface area contributed by atoms with Crippen molar-refractivity contribution in [3.63, 3.8) is 0 Å². The van der Waals surface area contributed by atoms with Crippen molar-refractivity contribution < 1.29 is 4.79 Å². The molecule has 1 N–H and O–H groups in total. The summed E-state index contributed by atoms with van der Waals surface area (Å²) in [5.41, 5.74) is 5.98. The van der Waals surface area contributed by atoms with Crippen LogP contribution in [0.5, 0.6) is 0 Å². The quantitative estimate of drug-likeness (QED) is 0.869. The molecule has 1 aliphatic carbocycles. The number of aryl methyl sites for hydroxylation is 3. The van der Waals surface area contributed by atoms with E-state index in [-0.39, 0.29) is 5.91 Å². The number of nitrogens with one attached hydrogen (secondary N) is 1. The molecule has 1 atom stereocenters. The molecule has 0 bridgehead atoms.